The molecule has 2 saturated heterocycles. The Balaban J connectivity index is 1.52. The third kappa shape index (κ3) is 7.76. The van der Waals surface area contributed by atoms with Crippen LogP contribution in [0.3, 0.4) is 0 Å². The van der Waals surface area contributed by atoms with E-state index in [1.165, 1.54) is 43.3 Å². The first-order valence-electron chi connectivity index (χ1n) is 13.7. The normalized spacial score (nSPS) is 32.5. The van der Waals surface area contributed by atoms with Gasteiger partial charge < -0.3 is 69.6 Å². The molecule has 9 N–H and O–H groups in total. The van der Waals surface area contributed by atoms with Crippen LogP contribution in [0.2, 0.25) is 0 Å². The van der Waals surface area contributed by atoms with Crippen LogP contribution in [0.1, 0.15) is 18.1 Å². The van der Waals surface area contributed by atoms with Crippen molar-refractivity contribution in [3.05, 3.63) is 53.6 Å². The number of aliphatic hydroxyl groups excluding tert-OH is 5. The monoisotopic (exact) mass is 624 g/mol. The highest BCUT2D eigenvalue weighted by Crippen LogP contribution is 2.32. The summed E-state index contributed by atoms with van der Waals surface area (Å²) in [7, 11) is 0. The number of esters is 1. The van der Waals surface area contributed by atoms with Crippen LogP contribution < -0.4 is 0 Å². The number of phenols is 4. The molecule has 0 aliphatic carbocycles. The van der Waals surface area contributed by atoms with E-state index in [-0.39, 0.29) is 30.3 Å². The summed E-state index contributed by atoms with van der Waals surface area (Å²) in [5, 5.41) is 90.5. The van der Waals surface area contributed by atoms with Crippen molar-refractivity contribution in [2.45, 2.75) is 74.8 Å². The van der Waals surface area contributed by atoms with Gasteiger partial charge in [0.2, 0.25) is 0 Å². The van der Waals surface area contributed by atoms with Crippen LogP contribution in [0, 0.1) is 0 Å². The lowest BCUT2D eigenvalue weighted by molar-refractivity contribution is -0.357. The Morgan fingerprint density at radius 2 is 1.50 bits per heavy atom. The first kappa shape index (κ1) is 33.4. The summed E-state index contributed by atoms with van der Waals surface area (Å²) >= 11 is 0. The molecule has 4 rings (SSSR count). The van der Waals surface area contributed by atoms with Gasteiger partial charge in [-0.25, -0.2) is 4.79 Å². The number of phenolic OH excluding ortho intramolecular Hbond substituents is 4. The number of hydrogen-bond acceptors (Lipinski definition) is 15. The van der Waals surface area contributed by atoms with E-state index in [1.54, 1.807) is 6.07 Å². The van der Waals surface area contributed by atoms with Crippen molar-refractivity contribution in [3.8, 4) is 23.0 Å². The lowest BCUT2D eigenvalue weighted by Gasteiger charge is -2.46. The molecule has 242 valence electrons. The number of carbonyl (C=O) groups is 1. The average molecular weight is 625 g/mol. The number of aliphatic hydroxyl groups is 5. The molecule has 2 aromatic rings. The van der Waals surface area contributed by atoms with Crippen molar-refractivity contribution in [1.82, 2.24) is 0 Å². The van der Waals surface area contributed by atoms with Gasteiger partial charge in [-0.05, 0) is 54.8 Å². The van der Waals surface area contributed by atoms with Gasteiger partial charge in [-0.3, -0.25) is 0 Å². The maximum Gasteiger partial charge on any atom is 0.331 e. The van der Waals surface area contributed by atoms with Crippen molar-refractivity contribution in [2.75, 3.05) is 13.2 Å². The second-order valence-corrected chi connectivity index (χ2v) is 10.4. The summed E-state index contributed by atoms with van der Waals surface area (Å²) in [6, 6.07) is 7.98. The molecule has 2 fully saturated rings. The molecular formula is C29H36O15. The van der Waals surface area contributed by atoms with Crippen LogP contribution in [0.15, 0.2) is 42.5 Å². The van der Waals surface area contributed by atoms with Gasteiger partial charge in [-0.2, -0.15) is 0 Å². The third-order valence-electron chi connectivity index (χ3n) is 7.27. The average Bonchev–Trinajstić information content (AvgIpc) is 2.99. The predicted octanol–water partition coefficient (Wildman–Crippen LogP) is -1.02. The van der Waals surface area contributed by atoms with Gasteiger partial charge in [0.15, 0.2) is 41.7 Å². The highest BCUT2D eigenvalue weighted by atomic mass is 16.7. The van der Waals surface area contributed by atoms with Crippen LogP contribution in [0.5, 0.6) is 23.0 Å². The number of aromatic hydroxyl groups is 4. The molecule has 0 amide bonds. The molecule has 0 saturated carbocycles. The summed E-state index contributed by atoms with van der Waals surface area (Å²) in [5.41, 5.74) is 0.914. The molecule has 0 spiro atoms. The van der Waals surface area contributed by atoms with Gasteiger partial charge in [0.25, 0.3) is 0 Å². The second-order valence-electron chi connectivity index (χ2n) is 10.4. The summed E-state index contributed by atoms with van der Waals surface area (Å²) < 4.78 is 28.2. The summed E-state index contributed by atoms with van der Waals surface area (Å²) in [6.45, 7) is 0.606. The Hall–Kier alpha value is -3.51. The van der Waals surface area contributed by atoms with Gasteiger partial charge in [-0.15, -0.1) is 0 Å². The molecule has 2 aliphatic rings. The maximum absolute atomic E-state index is 12.8. The fourth-order valence-corrected chi connectivity index (χ4v) is 4.76. The van der Waals surface area contributed by atoms with Crippen LogP contribution in [-0.4, -0.2) is 127 Å². The van der Waals surface area contributed by atoms with Crippen molar-refractivity contribution in [3.63, 3.8) is 0 Å². The Kier molecular flexibility index (Phi) is 11.0. The highest BCUT2D eigenvalue weighted by Gasteiger charge is 2.52. The largest absolute Gasteiger partial charge is 0.504 e. The van der Waals surface area contributed by atoms with Gasteiger partial charge in [0.1, 0.15) is 36.6 Å². The van der Waals surface area contributed by atoms with Gasteiger partial charge >= 0.3 is 5.97 Å². The third-order valence-corrected chi connectivity index (χ3v) is 7.27. The molecule has 44 heavy (non-hydrogen) atoms. The molecule has 2 aromatic carbocycles. The lowest BCUT2D eigenvalue weighted by Crippen LogP contribution is -2.65. The zero-order valence-electron chi connectivity index (χ0n) is 23.5. The van der Waals surface area contributed by atoms with E-state index < -0.39 is 79.7 Å². The lowest BCUT2D eigenvalue weighted by atomic mass is 9.97. The van der Waals surface area contributed by atoms with E-state index in [4.69, 9.17) is 23.7 Å². The van der Waals surface area contributed by atoms with E-state index in [9.17, 15) is 50.8 Å². The SMILES string of the molecule is CC1O[C@@H](O[C@@H]2C(O)[C@H](OCCc3ccc(O)c(O)c3)OC(CO)[C@@H]2OC(=O)/C=C/c2ccc(O)c(O)c2)C(O)[C@@H](O)[C@H]1O. The fourth-order valence-electron chi connectivity index (χ4n) is 4.76. The summed E-state index contributed by atoms with van der Waals surface area (Å²) in [5.74, 6) is -2.40. The predicted molar refractivity (Wildman–Crippen MR) is 147 cm³/mol. The van der Waals surface area contributed by atoms with Gasteiger partial charge in [-0.1, -0.05) is 12.1 Å². The highest BCUT2D eigenvalue weighted by molar-refractivity contribution is 5.87. The van der Waals surface area contributed by atoms with Gasteiger partial charge in [0, 0.05) is 6.08 Å². The first-order chi connectivity index (χ1) is 20.9. The minimum absolute atomic E-state index is 0.0754. The summed E-state index contributed by atoms with van der Waals surface area (Å²) in [4.78, 5) is 12.8. The molecule has 2 aliphatic heterocycles. The standard InChI is InChI=1S/C29H36O15/c1-13-22(36)23(37)24(38)29(41-13)44-27-25(39)28(40-9-8-15-3-6-17(32)19(34)11-15)42-20(12-30)26(27)43-21(35)7-4-14-2-5-16(31)18(33)10-14/h2-7,10-11,13,20,22-34,36-39H,8-9,12H2,1H3/b7-4+/t13?,20?,22-,23-,24?,25?,26-,27+,28+,29-/m0/s1. The van der Waals surface area contributed by atoms with Crippen LogP contribution in [-0.2, 0) is 34.9 Å². The zero-order chi connectivity index (χ0) is 32.1. The van der Waals surface area contributed by atoms with Crippen molar-refractivity contribution < 1.29 is 74.4 Å². The maximum atomic E-state index is 12.8. The van der Waals surface area contributed by atoms with E-state index in [2.05, 4.69) is 0 Å². The van der Waals surface area contributed by atoms with Crippen LogP contribution >= 0.6 is 0 Å². The van der Waals surface area contributed by atoms with Gasteiger partial charge in [0.05, 0.1) is 19.3 Å². The van der Waals surface area contributed by atoms with E-state index in [0.717, 1.165) is 6.08 Å². The molecule has 0 bridgehead atoms. The Morgan fingerprint density at radius 1 is 0.818 bits per heavy atom. The molecule has 2 heterocycles. The fraction of sp³-hybridized carbons (Fsp3) is 0.483. The quantitative estimate of drug-likeness (QED) is 0.0873. The van der Waals surface area contributed by atoms with Crippen molar-refractivity contribution in [2.24, 2.45) is 0 Å². The van der Waals surface area contributed by atoms with E-state index >= 15 is 0 Å². The molecule has 0 radical (unpaired) electrons. The molecule has 15 heteroatoms. The molecule has 10 atom stereocenters. The molecule has 0 aromatic heterocycles. The number of rotatable bonds is 10. The number of carbonyl (C=O) groups excluding carboxylic acids is 1. The molecular weight excluding hydrogens is 588 g/mol. The Bertz CT molecular complexity index is 1300. The number of hydrogen-bond donors (Lipinski definition) is 9. The second kappa shape index (κ2) is 14.5. The smallest absolute Gasteiger partial charge is 0.331 e. The molecule has 4 unspecified atom stereocenters. The minimum Gasteiger partial charge on any atom is -0.504 e. The van der Waals surface area contributed by atoms with E-state index in [0.29, 0.717) is 11.1 Å². The van der Waals surface area contributed by atoms with Crippen molar-refractivity contribution >= 4 is 12.0 Å². The summed E-state index contributed by atoms with van der Waals surface area (Å²) in [6.07, 6.45) is -12.6. The number of ether oxygens (including phenoxy) is 5. The Labute approximate surface area is 251 Å². The van der Waals surface area contributed by atoms with Crippen molar-refractivity contribution in [1.29, 1.82) is 0 Å². The molecule has 15 nitrogen and oxygen atoms in total. The number of benzene rings is 2. The minimum atomic E-state index is -1.77. The zero-order valence-corrected chi connectivity index (χ0v) is 23.5. The van der Waals surface area contributed by atoms with Crippen LogP contribution in [0.4, 0.5) is 0 Å². The first-order valence-corrected chi connectivity index (χ1v) is 13.7. The Morgan fingerprint density at radius 3 is 2.16 bits per heavy atom. The van der Waals surface area contributed by atoms with Crippen LogP contribution in [0.25, 0.3) is 6.08 Å². The van der Waals surface area contributed by atoms with E-state index in [1.807, 2.05) is 0 Å². The topological polar surface area (TPSA) is 245 Å².